The summed E-state index contributed by atoms with van der Waals surface area (Å²) in [6, 6.07) is 5.24. The van der Waals surface area contributed by atoms with Gasteiger partial charge in [0.15, 0.2) is 5.78 Å². The van der Waals surface area contributed by atoms with E-state index in [4.69, 9.17) is 0 Å². The highest BCUT2D eigenvalue weighted by atomic mass is 16.1. The molecule has 0 bridgehead atoms. The van der Waals surface area contributed by atoms with E-state index in [2.05, 4.69) is 9.97 Å². The van der Waals surface area contributed by atoms with Crippen LogP contribution in [-0.4, -0.2) is 15.8 Å². The lowest BCUT2D eigenvalue weighted by atomic mass is 10.1. The van der Waals surface area contributed by atoms with Crippen molar-refractivity contribution in [1.82, 2.24) is 9.97 Å². The molecule has 2 rings (SSSR count). The third-order valence-electron chi connectivity index (χ3n) is 2.17. The number of aromatic amines is 2. The van der Waals surface area contributed by atoms with Gasteiger partial charge in [0.05, 0.1) is 11.0 Å². The number of aromatic nitrogens is 2. The summed E-state index contributed by atoms with van der Waals surface area (Å²) >= 11 is 0. The van der Waals surface area contributed by atoms with E-state index in [-0.39, 0.29) is 11.5 Å². The molecule has 0 aliphatic heterocycles. The number of para-hydroxylation sites is 1. The molecule has 0 atom stereocenters. The lowest BCUT2D eigenvalue weighted by Gasteiger charge is -1.98. The summed E-state index contributed by atoms with van der Waals surface area (Å²) in [6.07, 6.45) is 0.437. The standard InChI is InChI=1S/C10H10N2O2/c1-2-8(13)6-4-3-5-7-9(6)12-10(14)11-7/h3-5H,2H2,1H3,(H2,11,12,14). The Hall–Kier alpha value is -1.84. The summed E-state index contributed by atoms with van der Waals surface area (Å²) in [5.41, 5.74) is 1.57. The highest BCUT2D eigenvalue weighted by Gasteiger charge is 2.09. The number of nitrogens with one attached hydrogen (secondary N) is 2. The second-order valence-electron chi connectivity index (χ2n) is 3.08. The van der Waals surface area contributed by atoms with Crippen molar-refractivity contribution in [2.75, 3.05) is 0 Å². The van der Waals surface area contributed by atoms with Gasteiger partial charge in [-0.25, -0.2) is 4.79 Å². The highest BCUT2D eigenvalue weighted by molar-refractivity contribution is 6.05. The summed E-state index contributed by atoms with van der Waals surface area (Å²) in [7, 11) is 0. The van der Waals surface area contributed by atoms with Gasteiger partial charge in [-0.05, 0) is 12.1 Å². The zero-order chi connectivity index (χ0) is 10.1. The van der Waals surface area contributed by atoms with Crippen LogP contribution in [0.3, 0.4) is 0 Å². The number of imidazole rings is 1. The van der Waals surface area contributed by atoms with E-state index in [1.54, 1.807) is 25.1 Å². The molecule has 0 aliphatic carbocycles. The number of Topliss-reactive ketones (excluding diaryl/α,β-unsaturated/α-hetero) is 1. The maximum absolute atomic E-state index is 11.5. The van der Waals surface area contributed by atoms with Gasteiger partial charge in [0.1, 0.15) is 0 Å². The fraction of sp³-hybridized carbons (Fsp3) is 0.200. The summed E-state index contributed by atoms with van der Waals surface area (Å²) in [4.78, 5) is 27.8. The predicted octanol–water partition coefficient (Wildman–Crippen LogP) is 1.45. The molecule has 0 saturated heterocycles. The fourth-order valence-electron chi connectivity index (χ4n) is 1.48. The fourth-order valence-corrected chi connectivity index (χ4v) is 1.48. The van der Waals surface area contributed by atoms with Crippen molar-refractivity contribution in [2.24, 2.45) is 0 Å². The summed E-state index contributed by atoms with van der Waals surface area (Å²) in [5.74, 6) is 0.0332. The number of fused-ring (bicyclic) bond motifs is 1. The molecule has 0 spiro atoms. The van der Waals surface area contributed by atoms with E-state index in [9.17, 15) is 9.59 Å². The largest absolute Gasteiger partial charge is 0.323 e. The monoisotopic (exact) mass is 190 g/mol. The molecule has 0 saturated carbocycles. The molecule has 1 heterocycles. The maximum atomic E-state index is 11.5. The molecule has 4 nitrogen and oxygen atoms in total. The average Bonchev–Trinajstić information content (AvgIpc) is 2.56. The molecule has 14 heavy (non-hydrogen) atoms. The van der Waals surface area contributed by atoms with Crippen LogP contribution in [0.25, 0.3) is 11.0 Å². The van der Waals surface area contributed by atoms with Crippen LogP contribution < -0.4 is 5.69 Å². The average molecular weight is 190 g/mol. The molecule has 0 radical (unpaired) electrons. The first-order chi connectivity index (χ1) is 6.72. The summed E-state index contributed by atoms with van der Waals surface area (Å²) < 4.78 is 0. The van der Waals surface area contributed by atoms with Crippen molar-refractivity contribution >= 4 is 16.8 Å². The van der Waals surface area contributed by atoms with E-state index < -0.39 is 0 Å². The van der Waals surface area contributed by atoms with Crippen LogP contribution in [0.5, 0.6) is 0 Å². The van der Waals surface area contributed by atoms with Gasteiger partial charge < -0.3 is 9.97 Å². The Morgan fingerprint density at radius 1 is 1.36 bits per heavy atom. The van der Waals surface area contributed by atoms with Crippen LogP contribution in [0.2, 0.25) is 0 Å². The van der Waals surface area contributed by atoms with Crippen molar-refractivity contribution in [3.63, 3.8) is 0 Å². The third kappa shape index (κ3) is 1.25. The Labute approximate surface area is 80.0 Å². The van der Waals surface area contributed by atoms with Gasteiger partial charge in [0.2, 0.25) is 0 Å². The summed E-state index contributed by atoms with van der Waals surface area (Å²) in [5, 5.41) is 0. The Morgan fingerprint density at radius 3 is 2.86 bits per heavy atom. The van der Waals surface area contributed by atoms with E-state index in [0.717, 1.165) is 0 Å². The minimum Gasteiger partial charge on any atom is -0.306 e. The molecule has 1 aromatic heterocycles. The maximum Gasteiger partial charge on any atom is 0.323 e. The third-order valence-corrected chi connectivity index (χ3v) is 2.17. The van der Waals surface area contributed by atoms with E-state index in [0.29, 0.717) is 23.0 Å². The van der Waals surface area contributed by atoms with Crippen LogP contribution in [0.4, 0.5) is 0 Å². The smallest absolute Gasteiger partial charge is 0.306 e. The SMILES string of the molecule is CCC(=O)c1cccc2[nH]c(=O)[nH]c12. The van der Waals surface area contributed by atoms with E-state index in [1.165, 1.54) is 0 Å². The first-order valence-electron chi connectivity index (χ1n) is 4.46. The van der Waals surface area contributed by atoms with Gasteiger partial charge in [-0.2, -0.15) is 0 Å². The highest BCUT2D eigenvalue weighted by Crippen LogP contribution is 2.14. The predicted molar refractivity (Wildman–Crippen MR) is 53.5 cm³/mol. The van der Waals surface area contributed by atoms with Crippen LogP contribution in [0, 0.1) is 0 Å². The van der Waals surface area contributed by atoms with Crippen molar-refractivity contribution in [1.29, 1.82) is 0 Å². The Bertz CT molecular complexity index is 536. The molecule has 72 valence electrons. The molecule has 0 aliphatic rings. The zero-order valence-electron chi connectivity index (χ0n) is 7.76. The quantitative estimate of drug-likeness (QED) is 0.704. The molecule has 0 fully saturated rings. The van der Waals surface area contributed by atoms with E-state index in [1.807, 2.05) is 0 Å². The second-order valence-corrected chi connectivity index (χ2v) is 3.08. The minimum absolute atomic E-state index is 0.0332. The lowest BCUT2D eigenvalue weighted by molar-refractivity contribution is 0.0989. The van der Waals surface area contributed by atoms with Crippen molar-refractivity contribution in [3.05, 3.63) is 34.2 Å². The van der Waals surface area contributed by atoms with Gasteiger partial charge in [0, 0.05) is 12.0 Å². The van der Waals surface area contributed by atoms with Crippen LogP contribution in [0.1, 0.15) is 23.7 Å². The van der Waals surface area contributed by atoms with Gasteiger partial charge in [0.25, 0.3) is 0 Å². The number of H-pyrrole nitrogens is 2. The second kappa shape index (κ2) is 3.14. The van der Waals surface area contributed by atoms with Crippen LogP contribution in [0.15, 0.2) is 23.0 Å². The molecule has 1 aromatic carbocycles. The van der Waals surface area contributed by atoms with Crippen LogP contribution in [-0.2, 0) is 0 Å². The van der Waals surface area contributed by atoms with Gasteiger partial charge in [-0.3, -0.25) is 4.79 Å². The van der Waals surface area contributed by atoms with E-state index >= 15 is 0 Å². The Balaban J connectivity index is 2.76. The summed E-state index contributed by atoms with van der Waals surface area (Å²) in [6.45, 7) is 1.80. The molecule has 2 N–H and O–H groups in total. The number of ketones is 1. The molecule has 0 unspecified atom stereocenters. The molecule has 2 aromatic rings. The zero-order valence-corrected chi connectivity index (χ0v) is 7.76. The van der Waals surface area contributed by atoms with Gasteiger partial charge >= 0.3 is 5.69 Å². The minimum atomic E-state index is -0.281. The first-order valence-corrected chi connectivity index (χ1v) is 4.46. The molecule has 0 amide bonds. The van der Waals surface area contributed by atoms with Gasteiger partial charge in [-0.15, -0.1) is 0 Å². The Morgan fingerprint density at radius 2 is 2.14 bits per heavy atom. The Kier molecular flexibility index (Phi) is 1.96. The first kappa shape index (κ1) is 8.74. The van der Waals surface area contributed by atoms with Crippen molar-refractivity contribution in [2.45, 2.75) is 13.3 Å². The van der Waals surface area contributed by atoms with Gasteiger partial charge in [-0.1, -0.05) is 13.0 Å². The van der Waals surface area contributed by atoms with Crippen LogP contribution >= 0.6 is 0 Å². The normalized spacial score (nSPS) is 10.6. The number of benzene rings is 1. The number of hydrogen-bond acceptors (Lipinski definition) is 2. The lowest BCUT2D eigenvalue weighted by Crippen LogP contribution is -2.01. The topological polar surface area (TPSA) is 65.7 Å². The number of rotatable bonds is 2. The number of carbonyl (C=O) groups is 1. The number of carbonyl (C=O) groups excluding carboxylic acids is 1. The number of hydrogen-bond donors (Lipinski definition) is 2. The molecular weight excluding hydrogens is 180 g/mol. The molecular formula is C10H10N2O2. The van der Waals surface area contributed by atoms with Crippen molar-refractivity contribution < 1.29 is 4.79 Å². The molecule has 4 heteroatoms. The van der Waals surface area contributed by atoms with Crippen molar-refractivity contribution in [3.8, 4) is 0 Å².